The molecule has 0 aromatic carbocycles. The lowest BCUT2D eigenvalue weighted by atomic mass is 9.72. The highest BCUT2D eigenvalue weighted by atomic mass is 14.9. The third kappa shape index (κ3) is 2.92. The molecule has 2 unspecified atom stereocenters. The van der Waals surface area contributed by atoms with Crippen molar-refractivity contribution >= 4 is 0 Å². The summed E-state index contributed by atoms with van der Waals surface area (Å²) in [7, 11) is 0. The van der Waals surface area contributed by atoms with Crippen LogP contribution in [0.4, 0.5) is 0 Å². The molecule has 2 aliphatic rings. The molecule has 0 spiro atoms. The van der Waals surface area contributed by atoms with E-state index in [1.165, 1.54) is 36.3 Å². The molecule has 0 radical (unpaired) electrons. The molecule has 1 aromatic heterocycles. The normalized spacial score (nSPS) is 25.5. The molecule has 1 fully saturated rings. The molecule has 22 heavy (non-hydrogen) atoms. The van der Waals surface area contributed by atoms with Crippen LogP contribution in [0.5, 0.6) is 0 Å². The Hall–Kier alpha value is -0.960. The van der Waals surface area contributed by atoms with Gasteiger partial charge in [0.2, 0.25) is 0 Å². The standard InChI is InChI=1S/C19H31N3/c1-18(2,3)16-14-9-12-7-8-20-11-13(12)10-15(14)21-17(22-16)19(4,5)6/h12-13,20H,7-11H2,1-6H3. The third-order valence-corrected chi connectivity index (χ3v) is 5.16. The van der Waals surface area contributed by atoms with E-state index < -0.39 is 0 Å². The maximum absolute atomic E-state index is 5.04. The Bertz CT molecular complexity index is 563. The molecule has 3 rings (SSSR count). The van der Waals surface area contributed by atoms with Gasteiger partial charge in [-0.05, 0) is 49.8 Å². The Kier molecular flexibility index (Phi) is 3.83. The van der Waals surface area contributed by atoms with Gasteiger partial charge in [0.15, 0.2) is 0 Å². The summed E-state index contributed by atoms with van der Waals surface area (Å²) in [6.07, 6.45) is 3.61. The number of hydrogen-bond donors (Lipinski definition) is 1. The fraction of sp³-hybridized carbons (Fsp3) is 0.789. The van der Waals surface area contributed by atoms with Crippen molar-refractivity contribution in [2.45, 2.75) is 71.6 Å². The topological polar surface area (TPSA) is 37.8 Å². The number of piperidine rings is 1. The first-order valence-electron chi connectivity index (χ1n) is 8.77. The molecule has 0 bridgehead atoms. The molecule has 122 valence electrons. The number of fused-ring (bicyclic) bond motifs is 2. The van der Waals surface area contributed by atoms with Crippen molar-refractivity contribution in [1.29, 1.82) is 0 Å². The molecule has 1 N–H and O–H groups in total. The van der Waals surface area contributed by atoms with Crippen LogP contribution in [0.15, 0.2) is 0 Å². The van der Waals surface area contributed by atoms with E-state index in [-0.39, 0.29) is 10.8 Å². The van der Waals surface area contributed by atoms with Gasteiger partial charge in [-0.3, -0.25) is 0 Å². The zero-order chi connectivity index (χ0) is 16.1. The van der Waals surface area contributed by atoms with E-state index in [1.807, 2.05) is 0 Å². The minimum atomic E-state index is 0.0106. The SMILES string of the molecule is CC(C)(C)c1nc2c(c(C(C)(C)C)n1)CC1CCNCC1C2. The van der Waals surface area contributed by atoms with Gasteiger partial charge in [-0.2, -0.15) is 0 Å². The van der Waals surface area contributed by atoms with E-state index in [0.29, 0.717) is 0 Å². The molecule has 2 heterocycles. The van der Waals surface area contributed by atoms with Crippen LogP contribution in [0.25, 0.3) is 0 Å². The van der Waals surface area contributed by atoms with E-state index in [4.69, 9.17) is 9.97 Å². The average Bonchev–Trinajstić information content (AvgIpc) is 2.41. The fourth-order valence-corrected chi connectivity index (χ4v) is 3.86. The summed E-state index contributed by atoms with van der Waals surface area (Å²) >= 11 is 0. The summed E-state index contributed by atoms with van der Waals surface area (Å²) in [5.74, 6) is 2.59. The van der Waals surface area contributed by atoms with Gasteiger partial charge in [0.1, 0.15) is 5.82 Å². The fourth-order valence-electron chi connectivity index (χ4n) is 3.86. The van der Waals surface area contributed by atoms with Gasteiger partial charge in [0.25, 0.3) is 0 Å². The molecule has 0 amide bonds. The second kappa shape index (κ2) is 5.30. The first-order chi connectivity index (χ1) is 10.2. The van der Waals surface area contributed by atoms with Crippen molar-refractivity contribution in [1.82, 2.24) is 15.3 Å². The predicted molar refractivity (Wildman–Crippen MR) is 91.3 cm³/mol. The molecule has 1 aliphatic carbocycles. The van der Waals surface area contributed by atoms with Crippen molar-refractivity contribution in [3.63, 3.8) is 0 Å². The number of aromatic nitrogens is 2. The van der Waals surface area contributed by atoms with Crippen LogP contribution >= 0.6 is 0 Å². The monoisotopic (exact) mass is 301 g/mol. The summed E-state index contributed by atoms with van der Waals surface area (Å²) in [5, 5.41) is 3.56. The molecule has 3 nitrogen and oxygen atoms in total. The minimum absolute atomic E-state index is 0.0106. The van der Waals surface area contributed by atoms with Gasteiger partial charge in [0.05, 0.1) is 5.69 Å². The molecule has 1 aliphatic heterocycles. The Morgan fingerprint density at radius 1 is 0.909 bits per heavy atom. The second-order valence-corrected chi connectivity index (χ2v) is 9.24. The molecule has 1 saturated heterocycles. The van der Waals surface area contributed by atoms with Gasteiger partial charge >= 0.3 is 0 Å². The van der Waals surface area contributed by atoms with Crippen molar-refractivity contribution in [2.24, 2.45) is 11.8 Å². The average molecular weight is 301 g/mol. The van der Waals surface area contributed by atoms with Crippen molar-refractivity contribution in [3.05, 3.63) is 22.8 Å². The van der Waals surface area contributed by atoms with Gasteiger partial charge in [-0.1, -0.05) is 41.5 Å². The summed E-state index contributed by atoms with van der Waals surface area (Å²) in [6, 6.07) is 0. The van der Waals surface area contributed by atoms with E-state index in [9.17, 15) is 0 Å². The summed E-state index contributed by atoms with van der Waals surface area (Å²) in [5.41, 5.74) is 4.18. The van der Waals surface area contributed by atoms with Gasteiger partial charge in [0, 0.05) is 16.5 Å². The first kappa shape index (κ1) is 15.9. The maximum atomic E-state index is 5.04. The van der Waals surface area contributed by atoms with Crippen LogP contribution in [-0.2, 0) is 23.7 Å². The second-order valence-electron chi connectivity index (χ2n) is 9.24. The third-order valence-electron chi connectivity index (χ3n) is 5.16. The molecule has 3 heteroatoms. The Balaban J connectivity index is 2.10. The van der Waals surface area contributed by atoms with Crippen LogP contribution < -0.4 is 5.32 Å². The van der Waals surface area contributed by atoms with Crippen LogP contribution in [0, 0.1) is 11.8 Å². The van der Waals surface area contributed by atoms with Crippen LogP contribution in [0.1, 0.15) is 70.7 Å². The van der Waals surface area contributed by atoms with Crippen LogP contribution in [-0.4, -0.2) is 23.1 Å². The summed E-state index contributed by atoms with van der Waals surface area (Å²) < 4.78 is 0. The van der Waals surface area contributed by atoms with Gasteiger partial charge < -0.3 is 5.32 Å². The lowest BCUT2D eigenvalue weighted by Gasteiger charge is -2.39. The molecule has 1 aromatic rings. The van der Waals surface area contributed by atoms with Gasteiger partial charge in [-0.25, -0.2) is 9.97 Å². The lowest BCUT2D eigenvalue weighted by molar-refractivity contribution is 0.232. The van der Waals surface area contributed by atoms with Crippen LogP contribution in [0.2, 0.25) is 0 Å². The van der Waals surface area contributed by atoms with Crippen molar-refractivity contribution in [3.8, 4) is 0 Å². The highest BCUT2D eigenvalue weighted by molar-refractivity contribution is 5.35. The Morgan fingerprint density at radius 2 is 1.64 bits per heavy atom. The molecular formula is C19H31N3. The van der Waals surface area contributed by atoms with E-state index >= 15 is 0 Å². The van der Waals surface area contributed by atoms with Crippen LogP contribution in [0.3, 0.4) is 0 Å². The molecule has 0 saturated carbocycles. The van der Waals surface area contributed by atoms with Crippen molar-refractivity contribution < 1.29 is 0 Å². The minimum Gasteiger partial charge on any atom is -0.316 e. The lowest BCUT2D eigenvalue weighted by Crippen LogP contribution is -2.42. The van der Waals surface area contributed by atoms with E-state index in [2.05, 4.69) is 46.9 Å². The largest absolute Gasteiger partial charge is 0.316 e. The summed E-state index contributed by atoms with van der Waals surface area (Å²) in [6.45, 7) is 15.8. The number of hydrogen-bond acceptors (Lipinski definition) is 3. The van der Waals surface area contributed by atoms with E-state index in [0.717, 1.165) is 30.6 Å². The van der Waals surface area contributed by atoms with Gasteiger partial charge in [-0.15, -0.1) is 0 Å². The molecular weight excluding hydrogens is 270 g/mol. The summed E-state index contributed by atoms with van der Waals surface area (Å²) in [4.78, 5) is 10.1. The number of nitrogens with zero attached hydrogens (tertiary/aromatic N) is 2. The smallest absolute Gasteiger partial charge is 0.134 e. The highest BCUT2D eigenvalue weighted by Gasteiger charge is 2.36. The Labute approximate surface area is 135 Å². The number of nitrogens with one attached hydrogen (secondary N) is 1. The maximum Gasteiger partial charge on any atom is 0.134 e. The Morgan fingerprint density at radius 3 is 2.27 bits per heavy atom. The number of rotatable bonds is 0. The van der Waals surface area contributed by atoms with Crippen molar-refractivity contribution in [2.75, 3.05) is 13.1 Å². The highest BCUT2D eigenvalue weighted by Crippen LogP contribution is 2.38. The zero-order valence-electron chi connectivity index (χ0n) is 15.1. The predicted octanol–water partition coefficient (Wildman–Crippen LogP) is 3.40. The zero-order valence-corrected chi connectivity index (χ0v) is 15.1. The first-order valence-corrected chi connectivity index (χ1v) is 8.77. The quantitative estimate of drug-likeness (QED) is 0.798. The molecule has 2 atom stereocenters. The van der Waals surface area contributed by atoms with E-state index in [1.54, 1.807) is 0 Å².